The molecule has 2 N–H and O–H groups in total. The van der Waals surface area contributed by atoms with Crippen LogP contribution in [0.25, 0.3) is 0 Å². The summed E-state index contributed by atoms with van der Waals surface area (Å²) in [5.74, 6) is 8.29. The minimum absolute atomic E-state index is 0. The number of benzene rings is 2. The highest BCUT2D eigenvalue weighted by atomic mass is 16.0. The van der Waals surface area contributed by atoms with E-state index < -0.39 is 0 Å². The van der Waals surface area contributed by atoms with Crippen molar-refractivity contribution in [1.29, 1.82) is 0 Å². The summed E-state index contributed by atoms with van der Waals surface area (Å²) in [6.07, 6.45) is 39.0. The molecule has 2 radical (unpaired) electrons. The van der Waals surface area contributed by atoms with E-state index in [0.29, 0.717) is 11.8 Å². The van der Waals surface area contributed by atoms with Crippen LogP contribution in [0, 0.1) is 58.2 Å². The van der Waals surface area contributed by atoms with Gasteiger partial charge in [-0.3, -0.25) is 11.0 Å². The molecule has 7 aliphatic rings. The number of allylic oxidation sites excluding steroid dienone is 7. The van der Waals surface area contributed by atoms with Gasteiger partial charge in [-0.15, -0.1) is 0 Å². The van der Waals surface area contributed by atoms with Gasteiger partial charge in [0.1, 0.15) is 0 Å². The fraction of sp³-hybridized carbons (Fsp3) is 0.667. The first-order valence-electron chi connectivity index (χ1n) is 28.4. The largest absolute Gasteiger partial charge is 0.255 e. The van der Waals surface area contributed by atoms with Gasteiger partial charge in [-0.25, -0.2) is 0 Å². The van der Waals surface area contributed by atoms with E-state index in [4.69, 9.17) is 6.58 Å². The quantitative estimate of drug-likeness (QED) is 0.188. The molecule has 4 atom stereocenters. The average Bonchev–Trinajstić information content (AvgIpc) is 3.73. The summed E-state index contributed by atoms with van der Waals surface area (Å²) >= 11 is 0. The molecule has 5 fully saturated rings. The smallest absolute Gasteiger partial charge is 0.00701 e. The van der Waals surface area contributed by atoms with Gasteiger partial charge in [-0.1, -0.05) is 157 Å². The molecule has 0 heterocycles. The Morgan fingerprint density at radius 2 is 1.41 bits per heavy atom. The van der Waals surface area contributed by atoms with E-state index in [1.54, 1.807) is 44.5 Å². The summed E-state index contributed by atoms with van der Waals surface area (Å²) in [6.45, 7) is 30.0. The Balaban J connectivity index is 0.00000188. The van der Waals surface area contributed by atoms with Crippen molar-refractivity contribution in [2.24, 2.45) is 58.2 Å². The Labute approximate surface area is 418 Å². The van der Waals surface area contributed by atoms with Gasteiger partial charge in [0, 0.05) is 0 Å². The molecule has 7 aliphatic carbocycles. The first-order chi connectivity index (χ1) is 31.8. The van der Waals surface area contributed by atoms with Gasteiger partial charge >= 0.3 is 0 Å². The standard InChI is InChI=1S/C64H90.C2H6.2HO/c1-43-15-30-61(45(3)35-43)60-41-58-29-28-57(40-59(58)42-60)55-26-24-54(25-27-55)53-22-20-51(21-23-53)44(2)36-48-16-18-49(19-17-48)37-50-32-34-64(8,62(39-50)63(5,6)7)33-31-47-11-9-14-56(38-47)46(4)52-12-10-13-52;1-2;;/h9,11,14,28-29,32,38-40,46,48-49,51-55,60-61H,1-3,10,12-13,15-27,30-31,33-37,41-42H2,4-8H3;1-2H3;2*1H/t46-,48?,49?,51?,53?,54?,55?,60?,61+,64?;;;/m1.../s1. The van der Waals surface area contributed by atoms with Gasteiger partial charge in [0.2, 0.25) is 0 Å². The van der Waals surface area contributed by atoms with Gasteiger partial charge in [0.25, 0.3) is 0 Å². The first kappa shape index (κ1) is 54.4. The molecule has 2 aromatic rings. The zero-order valence-electron chi connectivity index (χ0n) is 44.7. The third-order valence-corrected chi connectivity index (χ3v) is 19.8. The Kier molecular flexibility index (Phi) is 19.2. The van der Waals surface area contributed by atoms with E-state index >= 15 is 0 Å². The maximum absolute atomic E-state index is 4.81. The van der Waals surface area contributed by atoms with Crippen LogP contribution in [0.2, 0.25) is 0 Å². The number of hydrogen-bond donors (Lipinski definition) is 2. The summed E-state index contributed by atoms with van der Waals surface area (Å²) < 4.78 is 0. The number of fused-ring (bicyclic) bond motifs is 1. The molecule has 0 spiro atoms. The van der Waals surface area contributed by atoms with Crippen molar-refractivity contribution < 1.29 is 11.0 Å². The number of hydrogen-bond acceptors (Lipinski definition) is 0. The van der Waals surface area contributed by atoms with Crippen LogP contribution in [0.4, 0.5) is 0 Å². The zero-order valence-corrected chi connectivity index (χ0v) is 44.7. The molecule has 0 aromatic heterocycles. The van der Waals surface area contributed by atoms with Crippen molar-refractivity contribution in [1.82, 2.24) is 0 Å². The minimum Gasteiger partial charge on any atom is -0.255 e. The average molecular weight is 924 g/mol. The Morgan fingerprint density at radius 3 is 2.06 bits per heavy atom. The molecule has 0 saturated heterocycles. The van der Waals surface area contributed by atoms with E-state index in [2.05, 4.69) is 102 Å². The third-order valence-electron chi connectivity index (χ3n) is 19.8. The molecule has 2 aromatic carbocycles. The molecular weight excluding hydrogens is 825 g/mol. The van der Waals surface area contributed by atoms with Crippen molar-refractivity contribution in [2.45, 2.75) is 221 Å². The lowest BCUT2D eigenvalue weighted by Crippen LogP contribution is -2.30. The molecule has 9 rings (SSSR count). The van der Waals surface area contributed by atoms with Crippen LogP contribution >= 0.6 is 0 Å². The lowest BCUT2D eigenvalue weighted by molar-refractivity contribution is 0.166. The zero-order chi connectivity index (χ0) is 46.6. The van der Waals surface area contributed by atoms with E-state index in [1.807, 2.05) is 13.8 Å². The molecule has 2 heteroatoms. The number of rotatable bonds is 13. The predicted molar refractivity (Wildman–Crippen MR) is 291 cm³/mol. The summed E-state index contributed by atoms with van der Waals surface area (Å²) in [6, 6.07) is 17.4. The van der Waals surface area contributed by atoms with Gasteiger partial charge in [0.15, 0.2) is 0 Å². The molecule has 2 unspecified atom stereocenters. The van der Waals surface area contributed by atoms with Gasteiger partial charge in [-0.2, -0.15) is 0 Å². The Bertz CT molecular complexity index is 2040. The monoisotopic (exact) mass is 923 g/mol. The normalized spacial score (nSPS) is 31.3. The summed E-state index contributed by atoms with van der Waals surface area (Å²) in [4.78, 5) is 0. The molecule has 0 aliphatic heterocycles. The minimum atomic E-state index is 0. The molecular formula is C66H98O2. The topological polar surface area (TPSA) is 60.0 Å². The van der Waals surface area contributed by atoms with E-state index in [-0.39, 0.29) is 21.8 Å². The molecule has 68 heavy (non-hydrogen) atoms. The van der Waals surface area contributed by atoms with Crippen molar-refractivity contribution >= 4 is 0 Å². The Morgan fingerprint density at radius 1 is 0.750 bits per heavy atom. The second-order valence-corrected chi connectivity index (χ2v) is 25.2. The van der Waals surface area contributed by atoms with Crippen LogP contribution in [-0.4, -0.2) is 11.0 Å². The highest BCUT2D eigenvalue weighted by molar-refractivity contribution is 5.40. The summed E-state index contributed by atoms with van der Waals surface area (Å²) in [5.41, 5.74) is 16.3. The second kappa shape index (κ2) is 24.0. The fourth-order valence-corrected chi connectivity index (χ4v) is 15.4. The van der Waals surface area contributed by atoms with Crippen molar-refractivity contribution in [3.8, 4) is 0 Å². The van der Waals surface area contributed by atoms with Gasteiger partial charge in [0.05, 0.1) is 0 Å². The summed E-state index contributed by atoms with van der Waals surface area (Å²) in [7, 11) is 0. The Hall–Kier alpha value is -2.94. The first-order valence-corrected chi connectivity index (χ1v) is 28.4. The SMILES string of the molecule is C=C1CC[C@H](C2Cc3ccc(C4CCC(C5CCC(C(=C)CC6CCC(CC7=CCC(C)(CCc8cccc([C@H](C)C9CCC9)c8)C(C(C)(C)C)=C7)CC6)CC5)CC4)cc3C2)C(=C)C1.CC.[OH].[OH]. The lowest BCUT2D eigenvalue weighted by atomic mass is 9.62. The predicted octanol–water partition coefficient (Wildman–Crippen LogP) is 19.1. The van der Waals surface area contributed by atoms with Gasteiger partial charge < -0.3 is 0 Å². The highest BCUT2D eigenvalue weighted by Gasteiger charge is 2.39. The maximum atomic E-state index is 4.81. The maximum Gasteiger partial charge on any atom is -0.00701 e. The van der Waals surface area contributed by atoms with Crippen LogP contribution < -0.4 is 0 Å². The van der Waals surface area contributed by atoms with E-state index in [0.717, 1.165) is 53.8 Å². The van der Waals surface area contributed by atoms with Crippen LogP contribution in [0.1, 0.15) is 229 Å². The van der Waals surface area contributed by atoms with Crippen molar-refractivity contribution in [3.63, 3.8) is 0 Å². The van der Waals surface area contributed by atoms with Crippen molar-refractivity contribution in [2.75, 3.05) is 0 Å². The second-order valence-electron chi connectivity index (χ2n) is 25.2. The van der Waals surface area contributed by atoms with Crippen LogP contribution in [0.15, 0.2) is 102 Å². The molecule has 5 saturated carbocycles. The fourth-order valence-electron chi connectivity index (χ4n) is 15.4. The van der Waals surface area contributed by atoms with Crippen LogP contribution in [0.5, 0.6) is 0 Å². The number of aryl methyl sites for hydroxylation is 1. The molecule has 0 amide bonds. The van der Waals surface area contributed by atoms with Crippen molar-refractivity contribution in [3.05, 3.63) is 130 Å². The third kappa shape index (κ3) is 12.9. The molecule has 2 nitrogen and oxygen atoms in total. The van der Waals surface area contributed by atoms with E-state index in [9.17, 15) is 0 Å². The van der Waals surface area contributed by atoms with Crippen LogP contribution in [-0.2, 0) is 19.3 Å². The van der Waals surface area contributed by atoms with E-state index in [1.165, 1.54) is 165 Å². The van der Waals surface area contributed by atoms with Gasteiger partial charge in [-0.05, 0) is 252 Å². The molecule has 0 bridgehead atoms. The summed E-state index contributed by atoms with van der Waals surface area (Å²) in [5, 5.41) is 0. The molecule has 374 valence electrons. The lowest BCUT2D eigenvalue weighted by Gasteiger charge is -2.42. The highest BCUT2D eigenvalue weighted by Crippen LogP contribution is 2.51. The van der Waals surface area contributed by atoms with Crippen LogP contribution in [0.3, 0.4) is 0 Å².